The summed E-state index contributed by atoms with van der Waals surface area (Å²) in [5, 5.41) is 11.7. The van der Waals surface area contributed by atoms with E-state index in [0.29, 0.717) is 38.0 Å². The summed E-state index contributed by atoms with van der Waals surface area (Å²) in [7, 11) is 1.47. The molecular weight excluding hydrogens is 343 g/mol. The maximum absolute atomic E-state index is 11.0. The van der Waals surface area contributed by atoms with Crippen molar-refractivity contribution in [3.63, 3.8) is 0 Å². The summed E-state index contributed by atoms with van der Waals surface area (Å²) in [5.41, 5.74) is 1.88. The molecule has 2 aromatic carbocycles. The third kappa shape index (κ3) is 2.71. The highest BCUT2D eigenvalue weighted by molar-refractivity contribution is 6.36. The quantitative estimate of drug-likeness (QED) is 0.488. The van der Waals surface area contributed by atoms with Gasteiger partial charge in [0.25, 0.3) is 5.69 Å². The summed E-state index contributed by atoms with van der Waals surface area (Å²) in [6, 6.07) is 5.94. The summed E-state index contributed by atoms with van der Waals surface area (Å²) in [6.07, 6.45) is 0. The highest BCUT2D eigenvalue weighted by atomic mass is 35.5. The number of hydrogen-bond donors (Lipinski definition) is 0. The van der Waals surface area contributed by atoms with Crippen LogP contribution in [0.15, 0.2) is 28.7 Å². The van der Waals surface area contributed by atoms with Crippen LogP contribution < -0.4 is 4.74 Å². The first-order valence-corrected chi connectivity index (χ1v) is 7.25. The number of benzene rings is 2. The Hall–Kier alpha value is -2.31. The molecule has 0 N–H and O–H groups in total. The number of aryl methyl sites for hydroxylation is 1. The smallest absolute Gasteiger partial charge is 0.272 e. The van der Waals surface area contributed by atoms with Crippen molar-refractivity contribution in [1.29, 1.82) is 0 Å². The molecule has 118 valence electrons. The third-order valence-corrected chi connectivity index (χ3v) is 3.81. The highest BCUT2D eigenvalue weighted by Gasteiger charge is 2.20. The van der Waals surface area contributed by atoms with Crippen LogP contribution in [0.3, 0.4) is 0 Å². The standard InChI is InChI=1S/C15H10Cl2N2O4/c1-7-3-9(19(20)21)6-12-13(7)23-15(18-12)10-4-8(16)5-11(17)14(10)22-2/h3-6H,1-2H3. The highest BCUT2D eigenvalue weighted by Crippen LogP contribution is 2.40. The second kappa shape index (κ2) is 5.72. The van der Waals surface area contributed by atoms with E-state index >= 15 is 0 Å². The molecule has 0 unspecified atom stereocenters. The predicted octanol–water partition coefficient (Wildman–Crippen LogP) is 5.03. The number of aromatic nitrogens is 1. The molecule has 1 aromatic heterocycles. The Morgan fingerprint density at radius 3 is 2.65 bits per heavy atom. The lowest BCUT2D eigenvalue weighted by molar-refractivity contribution is -0.384. The molecule has 0 atom stereocenters. The van der Waals surface area contributed by atoms with Crippen LogP contribution in [-0.4, -0.2) is 17.0 Å². The molecule has 3 aromatic rings. The van der Waals surface area contributed by atoms with E-state index in [4.69, 9.17) is 32.4 Å². The number of nitro groups is 1. The van der Waals surface area contributed by atoms with E-state index in [0.717, 1.165) is 0 Å². The minimum Gasteiger partial charge on any atom is -0.494 e. The van der Waals surface area contributed by atoms with Crippen LogP contribution in [0.25, 0.3) is 22.6 Å². The van der Waals surface area contributed by atoms with Crippen molar-refractivity contribution in [3.8, 4) is 17.2 Å². The first-order valence-electron chi connectivity index (χ1n) is 6.49. The second-order valence-corrected chi connectivity index (χ2v) is 5.70. The van der Waals surface area contributed by atoms with Gasteiger partial charge in [-0.15, -0.1) is 0 Å². The Morgan fingerprint density at radius 2 is 2.00 bits per heavy atom. The zero-order valence-corrected chi connectivity index (χ0v) is 13.6. The average Bonchev–Trinajstić information content (AvgIpc) is 2.91. The van der Waals surface area contributed by atoms with Crippen molar-refractivity contribution in [2.75, 3.05) is 7.11 Å². The van der Waals surface area contributed by atoms with Gasteiger partial charge in [-0.05, 0) is 19.1 Å². The van der Waals surface area contributed by atoms with Gasteiger partial charge in [0, 0.05) is 22.7 Å². The number of oxazole rings is 1. The molecule has 1 heterocycles. The Bertz CT molecular complexity index is 937. The van der Waals surface area contributed by atoms with Gasteiger partial charge in [0.1, 0.15) is 11.3 Å². The number of rotatable bonds is 3. The van der Waals surface area contributed by atoms with Gasteiger partial charge >= 0.3 is 0 Å². The lowest BCUT2D eigenvalue weighted by Gasteiger charge is -2.07. The van der Waals surface area contributed by atoms with Crippen LogP contribution >= 0.6 is 23.2 Å². The molecule has 0 spiro atoms. The van der Waals surface area contributed by atoms with Gasteiger partial charge in [0.05, 0.1) is 22.6 Å². The molecule has 23 heavy (non-hydrogen) atoms. The zero-order chi connectivity index (χ0) is 16.7. The lowest BCUT2D eigenvalue weighted by atomic mass is 10.2. The number of hydrogen-bond acceptors (Lipinski definition) is 5. The average molecular weight is 353 g/mol. The van der Waals surface area contributed by atoms with Gasteiger partial charge in [-0.25, -0.2) is 4.98 Å². The normalized spacial score (nSPS) is 11.0. The summed E-state index contributed by atoms with van der Waals surface area (Å²) in [5.74, 6) is 0.597. The van der Waals surface area contributed by atoms with Crippen LogP contribution in [0.1, 0.15) is 5.56 Å². The number of non-ortho nitro benzene ring substituents is 1. The fraction of sp³-hybridized carbons (Fsp3) is 0.133. The molecule has 3 rings (SSSR count). The number of halogens is 2. The number of nitrogens with zero attached hydrogens (tertiary/aromatic N) is 2. The molecule has 0 aliphatic rings. The summed E-state index contributed by atoms with van der Waals surface area (Å²) in [4.78, 5) is 14.8. The van der Waals surface area contributed by atoms with E-state index in [1.165, 1.54) is 19.2 Å². The van der Waals surface area contributed by atoms with Crippen LogP contribution in [0.4, 0.5) is 5.69 Å². The molecule has 0 bridgehead atoms. The maximum atomic E-state index is 11.0. The van der Waals surface area contributed by atoms with Crippen LogP contribution in [0.5, 0.6) is 5.75 Å². The Kier molecular flexibility index (Phi) is 3.87. The summed E-state index contributed by atoms with van der Waals surface area (Å²) in [6.45, 7) is 1.71. The minimum absolute atomic E-state index is 0.0501. The monoisotopic (exact) mass is 352 g/mol. The molecule has 0 saturated carbocycles. The molecule has 8 heteroatoms. The number of nitro benzene ring substituents is 1. The van der Waals surface area contributed by atoms with E-state index in [-0.39, 0.29) is 11.6 Å². The Balaban J connectivity index is 2.26. The number of methoxy groups -OCH3 is 1. The zero-order valence-electron chi connectivity index (χ0n) is 12.1. The fourth-order valence-electron chi connectivity index (χ4n) is 2.33. The Labute approximate surface area is 140 Å². The van der Waals surface area contributed by atoms with Crippen molar-refractivity contribution >= 4 is 40.0 Å². The van der Waals surface area contributed by atoms with Crippen molar-refractivity contribution in [3.05, 3.63) is 50.0 Å². The fourth-order valence-corrected chi connectivity index (χ4v) is 2.90. The summed E-state index contributed by atoms with van der Waals surface area (Å²) < 4.78 is 11.0. The van der Waals surface area contributed by atoms with E-state index in [2.05, 4.69) is 4.98 Å². The number of fused-ring (bicyclic) bond motifs is 1. The van der Waals surface area contributed by atoms with E-state index in [1.807, 2.05) is 0 Å². The van der Waals surface area contributed by atoms with Crippen molar-refractivity contribution in [2.45, 2.75) is 6.92 Å². The molecule has 0 amide bonds. The van der Waals surface area contributed by atoms with Gasteiger partial charge in [0.2, 0.25) is 5.89 Å². The molecule has 0 aliphatic carbocycles. The molecule has 0 saturated heterocycles. The lowest BCUT2D eigenvalue weighted by Crippen LogP contribution is -1.90. The molecule has 0 fully saturated rings. The molecule has 0 radical (unpaired) electrons. The first kappa shape index (κ1) is 15.6. The van der Waals surface area contributed by atoms with Crippen molar-refractivity contribution in [1.82, 2.24) is 4.98 Å². The molecular formula is C15H10Cl2N2O4. The van der Waals surface area contributed by atoms with Crippen LogP contribution in [-0.2, 0) is 0 Å². The van der Waals surface area contributed by atoms with Gasteiger partial charge in [-0.3, -0.25) is 10.1 Å². The summed E-state index contributed by atoms with van der Waals surface area (Å²) >= 11 is 12.1. The van der Waals surface area contributed by atoms with Gasteiger partial charge in [0.15, 0.2) is 5.58 Å². The van der Waals surface area contributed by atoms with Crippen LogP contribution in [0.2, 0.25) is 10.0 Å². The first-order chi connectivity index (χ1) is 10.9. The Morgan fingerprint density at radius 1 is 1.26 bits per heavy atom. The topological polar surface area (TPSA) is 78.4 Å². The largest absolute Gasteiger partial charge is 0.494 e. The molecule has 0 aliphatic heterocycles. The SMILES string of the molecule is COc1c(Cl)cc(Cl)cc1-c1nc2cc([N+](=O)[O-])cc(C)c2o1. The van der Waals surface area contributed by atoms with Crippen molar-refractivity contribution < 1.29 is 14.1 Å². The predicted molar refractivity (Wildman–Crippen MR) is 87.4 cm³/mol. The van der Waals surface area contributed by atoms with Gasteiger partial charge in [-0.2, -0.15) is 0 Å². The van der Waals surface area contributed by atoms with Gasteiger partial charge in [-0.1, -0.05) is 23.2 Å². The number of ether oxygens (including phenoxy) is 1. The molecule has 6 nitrogen and oxygen atoms in total. The van der Waals surface area contributed by atoms with E-state index < -0.39 is 4.92 Å². The second-order valence-electron chi connectivity index (χ2n) is 4.86. The minimum atomic E-state index is -0.475. The van der Waals surface area contributed by atoms with Crippen molar-refractivity contribution in [2.24, 2.45) is 0 Å². The van der Waals surface area contributed by atoms with E-state index in [1.54, 1.807) is 19.1 Å². The van der Waals surface area contributed by atoms with Gasteiger partial charge < -0.3 is 9.15 Å². The van der Waals surface area contributed by atoms with Crippen LogP contribution in [0, 0.1) is 17.0 Å². The third-order valence-electron chi connectivity index (χ3n) is 3.31. The maximum Gasteiger partial charge on any atom is 0.272 e. The van der Waals surface area contributed by atoms with E-state index in [9.17, 15) is 10.1 Å².